The number of fused-ring (bicyclic) bond motifs is 2. The number of imide groups is 1. The number of rotatable bonds is 5. The number of imidazole rings is 1. The fraction of sp³-hybridized carbons (Fsp3) is 0.185. The second kappa shape index (κ2) is 8.39. The van der Waals surface area contributed by atoms with Crippen molar-refractivity contribution in [2.75, 3.05) is 5.32 Å². The van der Waals surface area contributed by atoms with Gasteiger partial charge in [0.05, 0.1) is 0 Å². The molecule has 4 aromatic rings. The Balaban J connectivity index is 1.33. The molecule has 174 valence electrons. The molecule has 2 aromatic carbocycles. The number of nitrogens with one attached hydrogen (secondary N) is 2. The predicted molar refractivity (Wildman–Crippen MR) is 130 cm³/mol. The van der Waals surface area contributed by atoms with Crippen LogP contribution in [0.3, 0.4) is 0 Å². The van der Waals surface area contributed by atoms with Gasteiger partial charge in [-0.15, -0.1) is 0 Å². The molecule has 0 radical (unpaired) electrons. The van der Waals surface area contributed by atoms with Crippen LogP contribution in [-0.4, -0.2) is 38.0 Å². The normalized spacial score (nSPS) is 17.5. The summed E-state index contributed by atoms with van der Waals surface area (Å²) in [6.07, 6.45) is 2.55. The molecule has 4 heterocycles. The van der Waals surface area contributed by atoms with Gasteiger partial charge in [-0.25, -0.2) is 4.98 Å². The zero-order valence-electron chi connectivity index (χ0n) is 18.9. The van der Waals surface area contributed by atoms with Crippen molar-refractivity contribution >= 4 is 29.2 Å². The summed E-state index contributed by atoms with van der Waals surface area (Å²) in [7, 11) is 0. The summed E-state index contributed by atoms with van der Waals surface area (Å²) >= 11 is 0. The van der Waals surface area contributed by atoms with Crippen molar-refractivity contribution in [3.63, 3.8) is 0 Å². The summed E-state index contributed by atoms with van der Waals surface area (Å²) in [5.41, 5.74) is 5.09. The van der Waals surface area contributed by atoms with E-state index in [1.54, 1.807) is 4.90 Å². The number of amides is 3. The maximum Gasteiger partial charge on any atom is 0.255 e. The fourth-order valence-corrected chi connectivity index (χ4v) is 4.87. The molecule has 2 aromatic heterocycles. The van der Waals surface area contributed by atoms with Crippen LogP contribution in [-0.2, 0) is 22.7 Å². The molecule has 35 heavy (non-hydrogen) atoms. The van der Waals surface area contributed by atoms with Gasteiger partial charge in [0.15, 0.2) is 0 Å². The van der Waals surface area contributed by atoms with Crippen molar-refractivity contribution < 1.29 is 14.4 Å². The van der Waals surface area contributed by atoms with E-state index >= 15 is 0 Å². The number of piperidine rings is 1. The van der Waals surface area contributed by atoms with Gasteiger partial charge in [0, 0.05) is 36.8 Å². The molecule has 1 atom stereocenters. The van der Waals surface area contributed by atoms with Crippen molar-refractivity contribution in [1.82, 2.24) is 19.6 Å². The van der Waals surface area contributed by atoms with Crippen molar-refractivity contribution in [3.8, 4) is 11.3 Å². The van der Waals surface area contributed by atoms with Gasteiger partial charge >= 0.3 is 0 Å². The summed E-state index contributed by atoms with van der Waals surface area (Å²) in [5.74, 6) is -0.00955. The minimum absolute atomic E-state index is 0.182. The third-order valence-corrected chi connectivity index (χ3v) is 6.63. The largest absolute Gasteiger partial charge is 0.365 e. The number of aromatic nitrogens is 2. The van der Waals surface area contributed by atoms with Crippen LogP contribution in [0.25, 0.3) is 16.9 Å². The van der Waals surface area contributed by atoms with Crippen molar-refractivity contribution in [3.05, 3.63) is 89.6 Å². The Bertz CT molecular complexity index is 1480. The lowest BCUT2D eigenvalue weighted by Crippen LogP contribution is -2.52. The molecule has 8 nitrogen and oxygen atoms in total. The molecule has 8 heteroatoms. The molecule has 6 rings (SSSR count). The summed E-state index contributed by atoms with van der Waals surface area (Å²) in [5, 5.41) is 5.88. The minimum Gasteiger partial charge on any atom is -0.365 e. The van der Waals surface area contributed by atoms with Crippen LogP contribution in [0.2, 0.25) is 0 Å². The first kappa shape index (κ1) is 21.1. The molecule has 1 saturated heterocycles. The maximum atomic E-state index is 13.1. The van der Waals surface area contributed by atoms with Crippen LogP contribution in [0.1, 0.15) is 34.3 Å². The van der Waals surface area contributed by atoms with Gasteiger partial charge in [-0.1, -0.05) is 42.5 Å². The third-order valence-electron chi connectivity index (χ3n) is 6.63. The summed E-state index contributed by atoms with van der Waals surface area (Å²) < 4.78 is 2.02. The van der Waals surface area contributed by atoms with Gasteiger partial charge in [0.2, 0.25) is 11.8 Å². The lowest BCUT2D eigenvalue weighted by Gasteiger charge is -2.29. The average molecular weight is 466 g/mol. The molecular formula is C27H23N5O3. The number of carbonyl (C=O) groups excluding carboxylic acids is 3. The number of pyridine rings is 1. The number of nitrogens with zero attached hydrogens (tertiary/aromatic N) is 3. The summed E-state index contributed by atoms with van der Waals surface area (Å²) in [6.45, 7) is 0.970. The number of anilines is 1. The molecule has 0 bridgehead atoms. The fourth-order valence-electron chi connectivity index (χ4n) is 4.87. The van der Waals surface area contributed by atoms with Crippen molar-refractivity contribution in [2.24, 2.45) is 0 Å². The summed E-state index contributed by atoms with van der Waals surface area (Å²) in [4.78, 5) is 43.4. The molecule has 1 unspecified atom stereocenters. The first-order valence-corrected chi connectivity index (χ1v) is 11.6. The SMILES string of the molecule is O=C1CCC(N2Cc3cc(-c4nc5ccccn5c4NCc4ccccc4)ccc3C2=O)C(=O)N1. The van der Waals surface area contributed by atoms with Crippen LogP contribution < -0.4 is 10.6 Å². The van der Waals surface area contributed by atoms with Crippen LogP contribution in [0, 0.1) is 0 Å². The predicted octanol–water partition coefficient (Wildman–Crippen LogP) is 3.37. The lowest BCUT2D eigenvalue weighted by molar-refractivity contribution is -0.136. The van der Waals surface area contributed by atoms with Gasteiger partial charge < -0.3 is 10.2 Å². The van der Waals surface area contributed by atoms with Gasteiger partial charge in [0.25, 0.3) is 5.91 Å². The second-order valence-corrected chi connectivity index (χ2v) is 8.85. The molecule has 2 N–H and O–H groups in total. The van der Waals surface area contributed by atoms with Crippen molar-refractivity contribution in [1.29, 1.82) is 0 Å². The zero-order valence-corrected chi connectivity index (χ0v) is 18.9. The Kier molecular flexibility index (Phi) is 5.06. The minimum atomic E-state index is -0.630. The molecule has 0 aliphatic carbocycles. The third kappa shape index (κ3) is 3.73. The molecular weight excluding hydrogens is 442 g/mol. The molecule has 3 amide bonds. The average Bonchev–Trinajstić information content (AvgIpc) is 3.41. The molecule has 0 spiro atoms. The van der Waals surface area contributed by atoms with Gasteiger partial charge in [0.1, 0.15) is 23.2 Å². The van der Waals surface area contributed by atoms with Crippen LogP contribution in [0.4, 0.5) is 5.82 Å². The Morgan fingerprint density at radius 2 is 1.83 bits per heavy atom. The molecule has 2 aliphatic rings. The second-order valence-electron chi connectivity index (χ2n) is 8.85. The zero-order chi connectivity index (χ0) is 23.9. The highest BCUT2D eigenvalue weighted by Crippen LogP contribution is 2.34. The highest BCUT2D eigenvalue weighted by Gasteiger charge is 2.39. The van der Waals surface area contributed by atoms with E-state index in [-0.39, 0.29) is 18.2 Å². The topological polar surface area (TPSA) is 95.8 Å². The highest BCUT2D eigenvalue weighted by atomic mass is 16.2. The van der Waals surface area contributed by atoms with Gasteiger partial charge in [-0.05, 0) is 41.8 Å². The summed E-state index contributed by atoms with van der Waals surface area (Å²) in [6, 6.07) is 21.1. The Labute approximate surface area is 201 Å². The van der Waals surface area contributed by atoms with E-state index in [1.165, 1.54) is 0 Å². The van der Waals surface area contributed by atoms with E-state index < -0.39 is 11.9 Å². The van der Waals surface area contributed by atoms with E-state index in [4.69, 9.17) is 4.98 Å². The van der Waals surface area contributed by atoms with Gasteiger partial charge in [-0.2, -0.15) is 0 Å². The van der Waals surface area contributed by atoms with E-state index in [1.807, 2.05) is 65.2 Å². The van der Waals surface area contributed by atoms with E-state index in [0.717, 1.165) is 33.8 Å². The Morgan fingerprint density at radius 1 is 1.00 bits per heavy atom. The maximum absolute atomic E-state index is 13.1. The molecule has 2 aliphatic heterocycles. The molecule has 1 fully saturated rings. The number of hydrogen-bond donors (Lipinski definition) is 2. The van der Waals surface area contributed by atoms with E-state index in [0.29, 0.717) is 25.1 Å². The quantitative estimate of drug-likeness (QED) is 0.441. The van der Waals surface area contributed by atoms with E-state index in [2.05, 4.69) is 22.8 Å². The smallest absolute Gasteiger partial charge is 0.255 e. The monoisotopic (exact) mass is 465 g/mol. The van der Waals surface area contributed by atoms with Gasteiger partial charge in [-0.3, -0.25) is 24.1 Å². The highest BCUT2D eigenvalue weighted by molar-refractivity contribution is 6.05. The number of hydrogen-bond acceptors (Lipinski definition) is 5. The standard InChI is InChI=1S/C27H23N5O3/c33-23-12-11-21(26(34)30-23)32-16-19-14-18(9-10-20(19)27(32)35)24-25(28-15-17-6-2-1-3-7-17)31-13-5-4-8-22(31)29-24/h1-10,13-14,21,28H,11-12,15-16H2,(H,30,33,34). The van der Waals surface area contributed by atoms with Crippen LogP contribution in [0.15, 0.2) is 72.9 Å². The van der Waals surface area contributed by atoms with Crippen molar-refractivity contribution in [2.45, 2.75) is 32.0 Å². The molecule has 0 saturated carbocycles. The van der Waals surface area contributed by atoms with Crippen LogP contribution >= 0.6 is 0 Å². The Hall–Kier alpha value is -4.46. The lowest BCUT2D eigenvalue weighted by atomic mass is 10.0. The number of carbonyl (C=O) groups is 3. The van der Waals surface area contributed by atoms with Crippen LogP contribution in [0.5, 0.6) is 0 Å². The Morgan fingerprint density at radius 3 is 2.66 bits per heavy atom. The van der Waals surface area contributed by atoms with E-state index in [9.17, 15) is 14.4 Å². The first-order chi connectivity index (χ1) is 17.1. The first-order valence-electron chi connectivity index (χ1n) is 11.6. The number of benzene rings is 2.